The van der Waals surface area contributed by atoms with E-state index in [0.29, 0.717) is 17.3 Å². The summed E-state index contributed by atoms with van der Waals surface area (Å²) in [6.07, 6.45) is 0. The summed E-state index contributed by atoms with van der Waals surface area (Å²) in [5.41, 5.74) is 2.52. The Labute approximate surface area is 149 Å². The van der Waals surface area contributed by atoms with E-state index in [9.17, 15) is 9.18 Å². The van der Waals surface area contributed by atoms with Gasteiger partial charge in [0.15, 0.2) is 0 Å². The second-order valence-corrected chi connectivity index (χ2v) is 6.31. The molecule has 126 valence electrons. The first-order chi connectivity index (χ1) is 12.2. The first-order valence-electron chi connectivity index (χ1n) is 7.74. The van der Waals surface area contributed by atoms with Crippen LogP contribution in [0, 0.1) is 5.82 Å². The zero-order valence-corrected chi connectivity index (χ0v) is 14.2. The van der Waals surface area contributed by atoms with Gasteiger partial charge in [-0.1, -0.05) is 42.1 Å². The maximum absolute atomic E-state index is 12.9. The molecule has 0 aliphatic carbocycles. The predicted molar refractivity (Wildman–Crippen MR) is 96.4 cm³/mol. The van der Waals surface area contributed by atoms with Gasteiger partial charge >= 0.3 is 0 Å². The fourth-order valence-electron chi connectivity index (χ4n) is 2.16. The first-order valence-corrected chi connectivity index (χ1v) is 8.72. The van der Waals surface area contributed by atoms with Gasteiger partial charge in [0.25, 0.3) is 0 Å². The largest absolute Gasteiger partial charge is 0.351 e. The van der Waals surface area contributed by atoms with E-state index in [2.05, 4.69) is 15.5 Å². The number of hydrogen-bond acceptors (Lipinski definition) is 4. The Balaban J connectivity index is 1.50. The number of hydrogen-bond donors (Lipinski definition) is 1. The number of rotatable bonds is 6. The molecule has 0 aliphatic heterocycles. The summed E-state index contributed by atoms with van der Waals surface area (Å²) in [6, 6.07) is 19.4. The smallest absolute Gasteiger partial charge is 0.230 e. The Morgan fingerprint density at radius 2 is 1.72 bits per heavy atom. The van der Waals surface area contributed by atoms with Gasteiger partial charge in [0.1, 0.15) is 10.8 Å². The van der Waals surface area contributed by atoms with Crippen molar-refractivity contribution in [3.8, 4) is 11.3 Å². The van der Waals surface area contributed by atoms with Crippen molar-refractivity contribution in [3.63, 3.8) is 0 Å². The Hall–Kier alpha value is -2.73. The van der Waals surface area contributed by atoms with Gasteiger partial charge in [-0.15, -0.1) is 10.2 Å². The molecule has 4 nitrogen and oxygen atoms in total. The number of carbonyl (C=O) groups excluding carboxylic acids is 1. The summed E-state index contributed by atoms with van der Waals surface area (Å²) >= 11 is 1.32. The lowest BCUT2D eigenvalue weighted by atomic mass is 10.1. The summed E-state index contributed by atoms with van der Waals surface area (Å²) in [4.78, 5) is 11.9. The highest BCUT2D eigenvalue weighted by Gasteiger charge is 2.06. The average Bonchev–Trinajstić information content (AvgIpc) is 2.67. The minimum absolute atomic E-state index is 0.0572. The van der Waals surface area contributed by atoms with Crippen LogP contribution in [0.3, 0.4) is 0 Å². The van der Waals surface area contributed by atoms with Crippen molar-refractivity contribution < 1.29 is 9.18 Å². The molecule has 0 unspecified atom stereocenters. The number of amides is 1. The summed E-state index contributed by atoms with van der Waals surface area (Å²) in [5, 5.41) is 11.8. The molecule has 0 atom stereocenters. The molecule has 0 radical (unpaired) electrons. The molecule has 0 spiro atoms. The fourth-order valence-corrected chi connectivity index (χ4v) is 2.80. The lowest BCUT2D eigenvalue weighted by molar-refractivity contribution is -0.118. The maximum atomic E-state index is 12.9. The summed E-state index contributed by atoms with van der Waals surface area (Å²) in [6.45, 7) is 0.509. The Kier molecular flexibility index (Phi) is 5.74. The lowest BCUT2D eigenvalue weighted by Gasteiger charge is -2.05. The van der Waals surface area contributed by atoms with Gasteiger partial charge in [-0.05, 0) is 42.0 Å². The number of nitrogens with zero attached hydrogens (tertiary/aromatic N) is 2. The van der Waals surface area contributed by atoms with Crippen LogP contribution in [0.2, 0.25) is 0 Å². The second kappa shape index (κ2) is 8.39. The highest BCUT2D eigenvalue weighted by molar-refractivity contribution is 7.99. The molecule has 1 aromatic heterocycles. The first kappa shape index (κ1) is 17.1. The zero-order valence-electron chi connectivity index (χ0n) is 13.4. The van der Waals surface area contributed by atoms with Gasteiger partial charge in [-0.2, -0.15) is 0 Å². The van der Waals surface area contributed by atoms with Crippen molar-refractivity contribution in [2.75, 3.05) is 5.75 Å². The molecule has 2 aromatic carbocycles. The van der Waals surface area contributed by atoms with Gasteiger partial charge in [0.2, 0.25) is 5.91 Å². The third-order valence-electron chi connectivity index (χ3n) is 3.46. The van der Waals surface area contributed by atoms with E-state index >= 15 is 0 Å². The van der Waals surface area contributed by atoms with Crippen molar-refractivity contribution in [2.45, 2.75) is 11.6 Å². The molecule has 3 rings (SSSR count). The number of nitrogens with one attached hydrogen (secondary N) is 1. The third-order valence-corrected chi connectivity index (χ3v) is 4.38. The molecule has 0 saturated carbocycles. The van der Waals surface area contributed by atoms with E-state index in [0.717, 1.165) is 11.1 Å². The van der Waals surface area contributed by atoms with Gasteiger partial charge in [-0.3, -0.25) is 4.79 Å². The average molecular weight is 353 g/mol. The van der Waals surface area contributed by atoms with E-state index in [1.807, 2.05) is 36.4 Å². The summed E-state index contributed by atoms with van der Waals surface area (Å²) in [5.74, 6) is -0.0686. The van der Waals surface area contributed by atoms with E-state index in [1.54, 1.807) is 18.2 Å². The molecular weight excluding hydrogens is 337 g/mol. The van der Waals surface area contributed by atoms with Crippen LogP contribution < -0.4 is 5.32 Å². The number of carbonyl (C=O) groups is 1. The van der Waals surface area contributed by atoms with Crippen LogP contribution >= 0.6 is 11.8 Å². The number of halogens is 1. The van der Waals surface area contributed by atoms with Crippen LogP contribution in [-0.4, -0.2) is 21.9 Å². The Bertz CT molecular complexity index is 824. The number of aromatic nitrogens is 2. The highest BCUT2D eigenvalue weighted by atomic mass is 32.2. The van der Waals surface area contributed by atoms with Crippen LogP contribution in [0.5, 0.6) is 0 Å². The van der Waals surface area contributed by atoms with Gasteiger partial charge in [0, 0.05) is 12.1 Å². The standard InChI is InChI=1S/C19H16FN3OS/c20-16-8-6-15(7-9-16)17-10-11-19(23-22-17)25-13-18(24)21-12-14-4-2-1-3-5-14/h1-11H,12-13H2,(H,21,24). The van der Waals surface area contributed by atoms with Gasteiger partial charge in [0.05, 0.1) is 11.4 Å². The molecule has 25 heavy (non-hydrogen) atoms. The van der Waals surface area contributed by atoms with Crippen molar-refractivity contribution in [1.82, 2.24) is 15.5 Å². The predicted octanol–water partition coefficient (Wildman–Crippen LogP) is 3.69. The number of thioether (sulfide) groups is 1. The zero-order chi connectivity index (χ0) is 17.5. The van der Waals surface area contributed by atoms with Crippen LogP contribution in [0.25, 0.3) is 11.3 Å². The topological polar surface area (TPSA) is 54.9 Å². The minimum Gasteiger partial charge on any atom is -0.351 e. The molecule has 0 fully saturated rings. The highest BCUT2D eigenvalue weighted by Crippen LogP contribution is 2.20. The fraction of sp³-hybridized carbons (Fsp3) is 0.105. The van der Waals surface area contributed by atoms with Gasteiger partial charge < -0.3 is 5.32 Å². The van der Waals surface area contributed by atoms with Crippen molar-refractivity contribution in [3.05, 3.63) is 78.1 Å². The quantitative estimate of drug-likeness (QED) is 0.687. The third kappa shape index (κ3) is 5.12. The van der Waals surface area contributed by atoms with Crippen molar-refractivity contribution in [1.29, 1.82) is 0 Å². The summed E-state index contributed by atoms with van der Waals surface area (Å²) in [7, 11) is 0. The SMILES string of the molecule is O=C(CSc1ccc(-c2ccc(F)cc2)nn1)NCc1ccccc1. The van der Waals surface area contributed by atoms with E-state index in [1.165, 1.54) is 23.9 Å². The molecule has 1 heterocycles. The second-order valence-electron chi connectivity index (χ2n) is 5.31. The summed E-state index contributed by atoms with van der Waals surface area (Å²) < 4.78 is 12.9. The molecule has 0 aliphatic rings. The van der Waals surface area contributed by atoms with E-state index in [4.69, 9.17) is 0 Å². The van der Waals surface area contributed by atoms with Crippen molar-refractivity contribution >= 4 is 17.7 Å². The van der Waals surface area contributed by atoms with Crippen LogP contribution in [0.4, 0.5) is 4.39 Å². The van der Waals surface area contributed by atoms with E-state index < -0.39 is 0 Å². The van der Waals surface area contributed by atoms with Crippen LogP contribution in [-0.2, 0) is 11.3 Å². The normalized spacial score (nSPS) is 10.4. The maximum Gasteiger partial charge on any atom is 0.230 e. The molecule has 1 amide bonds. The minimum atomic E-state index is -0.287. The number of benzene rings is 2. The van der Waals surface area contributed by atoms with E-state index in [-0.39, 0.29) is 17.5 Å². The van der Waals surface area contributed by atoms with Crippen molar-refractivity contribution in [2.24, 2.45) is 0 Å². The molecular formula is C19H16FN3OS. The van der Waals surface area contributed by atoms with Gasteiger partial charge in [-0.25, -0.2) is 4.39 Å². The molecule has 0 saturated heterocycles. The van der Waals surface area contributed by atoms with Crippen LogP contribution in [0.15, 0.2) is 71.8 Å². The lowest BCUT2D eigenvalue weighted by Crippen LogP contribution is -2.24. The van der Waals surface area contributed by atoms with Crippen LogP contribution in [0.1, 0.15) is 5.56 Å². The Morgan fingerprint density at radius 1 is 0.960 bits per heavy atom. The molecule has 3 aromatic rings. The molecule has 1 N–H and O–H groups in total. The molecule has 6 heteroatoms. The monoisotopic (exact) mass is 353 g/mol. The Morgan fingerprint density at radius 3 is 2.40 bits per heavy atom. The molecule has 0 bridgehead atoms.